The molecule has 0 amide bonds. The van der Waals surface area contributed by atoms with E-state index in [1.807, 2.05) is 0 Å². The summed E-state index contributed by atoms with van der Waals surface area (Å²) in [4.78, 5) is 10.1. The molecule has 0 heterocycles. The number of rotatable bonds is 3. The Morgan fingerprint density at radius 1 is 1.89 bits per heavy atom. The van der Waals surface area contributed by atoms with Gasteiger partial charge in [-0.05, 0) is 6.42 Å². The quantitative estimate of drug-likeness (QED) is 0.406. The van der Waals surface area contributed by atoms with E-state index in [1.54, 1.807) is 0 Å². The Kier molecular flexibility index (Phi) is 1.37. The molecule has 9 heavy (non-hydrogen) atoms. The molecule has 1 aliphatic carbocycles. The Hall–Kier alpha value is -0.700. The number of aldehydes is 1. The van der Waals surface area contributed by atoms with Crippen molar-refractivity contribution in [1.82, 2.24) is 0 Å². The van der Waals surface area contributed by atoms with Gasteiger partial charge in [0.1, 0.15) is 6.29 Å². The molecule has 2 unspecified atom stereocenters. The van der Waals surface area contributed by atoms with Gasteiger partial charge >= 0.3 is 0 Å². The maximum absolute atomic E-state index is 10.1. The molecule has 0 aliphatic heterocycles. The first-order valence-corrected chi connectivity index (χ1v) is 2.96. The van der Waals surface area contributed by atoms with E-state index in [2.05, 4.69) is 0 Å². The largest absolute Gasteiger partial charge is 0.330 e. The molecule has 2 atom stereocenters. The molecule has 0 aromatic carbocycles. The van der Waals surface area contributed by atoms with Crippen LogP contribution >= 0.6 is 0 Å². The van der Waals surface area contributed by atoms with Crippen LogP contribution in [0, 0.1) is 16.7 Å². The lowest BCUT2D eigenvalue weighted by Gasteiger charge is -2.01. The highest BCUT2D eigenvalue weighted by Gasteiger charge is 2.51. The van der Waals surface area contributed by atoms with Crippen LogP contribution in [0.25, 0.3) is 0 Å². The van der Waals surface area contributed by atoms with Gasteiger partial charge in [0.2, 0.25) is 0 Å². The van der Waals surface area contributed by atoms with Gasteiger partial charge in [0.25, 0.3) is 0 Å². The van der Waals surface area contributed by atoms with Crippen LogP contribution in [0.2, 0.25) is 0 Å². The van der Waals surface area contributed by atoms with Gasteiger partial charge in [0.15, 0.2) is 0 Å². The van der Waals surface area contributed by atoms with Gasteiger partial charge in [0, 0.05) is 24.1 Å². The standard InChI is InChI=1S/C6H10N2O/c7-3-6(4-8)1-5(6)2-9/h2-3,5,7H,1,4,8H2. The van der Waals surface area contributed by atoms with E-state index < -0.39 is 0 Å². The maximum atomic E-state index is 10.1. The second kappa shape index (κ2) is 1.92. The molecule has 3 nitrogen and oxygen atoms in total. The van der Waals surface area contributed by atoms with E-state index in [0.29, 0.717) is 6.54 Å². The van der Waals surface area contributed by atoms with E-state index in [1.165, 1.54) is 6.21 Å². The third-order valence-corrected chi connectivity index (χ3v) is 2.01. The molecule has 0 aromatic rings. The van der Waals surface area contributed by atoms with Crippen LogP contribution in [0.1, 0.15) is 6.42 Å². The summed E-state index contributed by atoms with van der Waals surface area (Å²) in [6.45, 7) is 0.430. The lowest BCUT2D eigenvalue weighted by Crippen LogP contribution is -2.19. The van der Waals surface area contributed by atoms with Crippen molar-refractivity contribution in [3.63, 3.8) is 0 Å². The fraction of sp³-hybridized carbons (Fsp3) is 0.667. The molecule has 0 radical (unpaired) electrons. The van der Waals surface area contributed by atoms with Crippen molar-refractivity contribution in [2.45, 2.75) is 6.42 Å². The van der Waals surface area contributed by atoms with Gasteiger partial charge in [-0.15, -0.1) is 0 Å². The van der Waals surface area contributed by atoms with Crippen LogP contribution in [-0.2, 0) is 4.79 Å². The molecule has 1 fully saturated rings. The van der Waals surface area contributed by atoms with Crippen molar-refractivity contribution < 1.29 is 4.79 Å². The summed E-state index contributed by atoms with van der Waals surface area (Å²) < 4.78 is 0. The fourth-order valence-corrected chi connectivity index (χ4v) is 0.994. The average molecular weight is 126 g/mol. The highest BCUT2D eigenvalue weighted by molar-refractivity contribution is 5.77. The Morgan fingerprint density at radius 3 is 2.67 bits per heavy atom. The van der Waals surface area contributed by atoms with Crippen molar-refractivity contribution in [1.29, 1.82) is 5.41 Å². The van der Waals surface area contributed by atoms with Gasteiger partial charge in [-0.2, -0.15) is 0 Å². The molecule has 1 rings (SSSR count). The normalized spacial score (nSPS) is 39.9. The zero-order chi connectivity index (χ0) is 6.91. The van der Waals surface area contributed by atoms with Gasteiger partial charge < -0.3 is 15.9 Å². The average Bonchev–Trinajstić information content (AvgIpc) is 2.63. The zero-order valence-corrected chi connectivity index (χ0v) is 5.13. The number of hydrogen-bond acceptors (Lipinski definition) is 3. The SMILES string of the molecule is N=CC1(CN)CC1C=O. The van der Waals surface area contributed by atoms with Gasteiger partial charge in [0.05, 0.1) is 0 Å². The van der Waals surface area contributed by atoms with Crippen molar-refractivity contribution in [2.24, 2.45) is 17.1 Å². The minimum atomic E-state index is -0.248. The third-order valence-electron chi connectivity index (χ3n) is 2.01. The summed E-state index contributed by atoms with van der Waals surface area (Å²) in [6.07, 6.45) is 2.96. The monoisotopic (exact) mass is 126 g/mol. The van der Waals surface area contributed by atoms with E-state index in [9.17, 15) is 4.79 Å². The van der Waals surface area contributed by atoms with Crippen LogP contribution in [0.5, 0.6) is 0 Å². The lowest BCUT2D eigenvalue weighted by molar-refractivity contribution is -0.109. The van der Waals surface area contributed by atoms with Crippen LogP contribution < -0.4 is 5.73 Å². The minimum Gasteiger partial charge on any atom is -0.330 e. The molecule has 3 heteroatoms. The first kappa shape index (κ1) is 6.42. The predicted octanol–water partition coefficient (Wildman–Crippen LogP) is -0.200. The van der Waals surface area contributed by atoms with Crippen molar-refractivity contribution in [3.8, 4) is 0 Å². The fourth-order valence-electron chi connectivity index (χ4n) is 0.994. The number of nitrogens with two attached hydrogens (primary N) is 1. The van der Waals surface area contributed by atoms with Crippen molar-refractivity contribution >= 4 is 12.5 Å². The molecule has 1 saturated carbocycles. The Morgan fingerprint density at radius 2 is 2.56 bits per heavy atom. The third kappa shape index (κ3) is 0.772. The molecule has 0 bridgehead atoms. The van der Waals surface area contributed by atoms with Crippen LogP contribution in [0.3, 0.4) is 0 Å². The molecular formula is C6H10N2O. The number of carbonyl (C=O) groups is 1. The second-order valence-electron chi connectivity index (χ2n) is 2.53. The van der Waals surface area contributed by atoms with E-state index in [0.717, 1.165) is 12.7 Å². The molecule has 0 aromatic heterocycles. The number of nitrogens with one attached hydrogen (secondary N) is 1. The van der Waals surface area contributed by atoms with E-state index in [4.69, 9.17) is 11.1 Å². The predicted molar refractivity (Wildman–Crippen MR) is 34.4 cm³/mol. The number of carbonyl (C=O) groups excluding carboxylic acids is 1. The zero-order valence-electron chi connectivity index (χ0n) is 5.13. The van der Waals surface area contributed by atoms with Crippen molar-refractivity contribution in [2.75, 3.05) is 6.54 Å². The highest BCUT2D eigenvalue weighted by Crippen LogP contribution is 2.48. The molecule has 1 aliphatic rings. The molecule has 0 spiro atoms. The molecular weight excluding hydrogens is 116 g/mol. The molecule has 0 saturated heterocycles. The second-order valence-corrected chi connectivity index (χ2v) is 2.53. The van der Waals surface area contributed by atoms with Gasteiger partial charge in [-0.1, -0.05) is 0 Å². The lowest BCUT2D eigenvalue weighted by atomic mass is 10.1. The van der Waals surface area contributed by atoms with Crippen LogP contribution in [-0.4, -0.2) is 19.0 Å². The Balaban J connectivity index is 2.56. The van der Waals surface area contributed by atoms with E-state index >= 15 is 0 Å². The van der Waals surface area contributed by atoms with Gasteiger partial charge in [-0.25, -0.2) is 0 Å². The summed E-state index contributed by atoms with van der Waals surface area (Å²) in [5.41, 5.74) is 5.09. The smallest absolute Gasteiger partial charge is 0.124 e. The van der Waals surface area contributed by atoms with Gasteiger partial charge in [-0.3, -0.25) is 0 Å². The maximum Gasteiger partial charge on any atom is 0.124 e. The summed E-state index contributed by atoms with van der Waals surface area (Å²) in [6, 6.07) is 0. The number of hydrogen-bond donors (Lipinski definition) is 2. The summed E-state index contributed by atoms with van der Waals surface area (Å²) in [7, 11) is 0. The van der Waals surface area contributed by atoms with E-state index in [-0.39, 0.29) is 11.3 Å². The minimum absolute atomic E-state index is 0.0278. The Bertz CT molecular complexity index is 146. The van der Waals surface area contributed by atoms with Crippen molar-refractivity contribution in [3.05, 3.63) is 0 Å². The van der Waals surface area contributed by atoms with Crippen LogP contribution in [0.4, 0.5) is 0 Å². The highest BCUT2D eigenvalue weighted by atomic mass is 16.1. The first-order valence-electron chi connectivity index (χ1n) is 2.96. The van der Waals surface area contributed by atoms with Crippen LogP contribution in [0.15, 0.2) is 0 Å². The Labute approximate surface area is 53.7 Å². The molecule has 50 valence electrons. The summed E-state index contributed by atoms with van der Waals surface area (Å²) in [5.74, 6) is 0.0278. The first-order chi connectivity index (χ1) is 4.29. The molecule has 3 N–H and O–H groups in total. The summed E-state index contributed by atoms with van der Waals surface area (Å²) in [5, 5.41) is 6.94. The topological polar surface area (TPSA) is 66.9 Å². The summed E-state index contributed by atoms with van der Waals surface area (Å²) >= 11 is 0.